The number of nitrogens with one attached hydrogen (secondary N) is 2. The minimum Gasteiger partial charge on any atom is -0.385 e. The van der Waals surface area contributed by atoms with Crippen LogP contribution < -0.4 is 10.6 Å². The van der Waals surface area contributed by atoms with Gasteiger partial charge in [0.05, 0.1) is 0 Å². The molecule has 0 aliphatic heterocycles. The second-order valence-electron chi connectivity index (χ2n) is 4.67. The largest absolute Gasteiger partial charge is 0.385 e. The van der Waals surface area contributed by atoms with Crippen LogP contribution in [0.25, 0.3) is 0 Å². The molecule has 0 spiro atoms. The first-order chi connectivity index (χ1) is 9.69. The van der Waals surface area contributed by atoms with Gasteiger partial charge in [-0.2, -0.15) is 11.3 Å². The molecule has 106 valence electrons. The predicted octanol–water partition coefficient (Wildman–Crippen LogP) is 2.94. The summed E-state index contributed by atoms with van der Waals surface area (Å²) in [5, 5.41) is 10.3. The molecule has 0 aliphatic carbocycles. The van der Waals surface area contributed by atoms with Gasteiger partial charge in [-0.3, -0.25) is 9.78 Å². The third-order valence-corrected chi connectivity index (χ3v) is 3.61. The van der Waals surface area contributed by atoms with E-state index >= 15 is 0 Å². The molecule has 5 heteroatoms. The smallest absolute Gasteiger partial charge is 0.270 e. The van der Waals surface area contributed by atoms with E-state index in [9.17, 15) is 4.79 Å². The molecule has 0 bridgehead atoms. The molecule has 2 aromatic heterocycles. The van der Waals surface area contributed by atoms with E-state index in [4.69, 9.17) is 0 Å². The lowest BCUT2D eigenvalue weighted by molar-refractivity contribution is 0.0935. The van der Waals surface area contributed by atoms with Gasteiger partial charge in [0.1, 0.15) is 5.69 Å². The standard InChI is InChI=1S/C15H19N3OS/c1-3-16-13-4-6-17-14(9-13)15(19)18-11(2)8-12-5-7-20-10-12/h4-7,9-11H,3,8H2,1-2H3,(H,16,17)(H,18,19). The zero-order chi connectivity index (χ0) is 14.4. The Morgan fingerprint density at radius 2 is 2.30 bits per heavy atom. The maximum Gasteiger partial charge on any atom is 0.270 e. The third kappa shape index (κ3) is 4.06. The van der Waals surface area contributed by atoms with Crippen LogP contribution in [0.3, 0.4) is 0 Å². The van der Waals surface area contributed by atoms with Crippen molar-refractivity contribution in [3.8, 4) is 0 Å². The lowest BCUT2D eigenvalue weighted by Gasteiger charge is -2.13. The van der Waals surface area contributed by atoms with Gasteiger partial charge in [-0.15, -0.1) is 0 Å². The van der Waals surface area contributed by atoms with Crippen LogP contribution in [0, 0.1) is 0 Å². The summed E-state index contributed by atoms with van der Waals surface area (Å²) in [7, 11) is 0. The molecule has 0 fully saturated rings. The highest BCUT2D eigenvalue weighted by Gasteiger charge is 2.12. The molecule has 2 heterocycles. The maximum atomic E-state index is 12.1. The molecule has 1 amide bonds. The summed E-state index contributed by atoms with van der Waals surface area (Å²) in [5.41, 5.74) is 2.61. The Morgan fingerprint density at radius 1 is 1.45 bits per heavy atom. The molecule has 1 atom stereocenters. The van der Waals surface area contributed by atoms with Gasteiger partial charge >= 0.3 is 0 Å². The fourth-order valence-corrected chi connectivity index (χ4v) is 2.66. The Kier molecular flexibility index (Phi) is 5.12. The van der Waals surface area contributed by atoms with Gasteiger partial charge < -0.3 is 10.6 Å². The fourth-order valence-electron chi connectivity index (χ4n) is 1.98. The van der Waals surface area contributed by atoms with Crippen molar-refractivity contribution >= 4 is 22.9 Å². The van der Waals surface area contributed by atoms with Crippen molar-refractivity contribution in [1.29, 1.82) is 0 Å². The van der Waals surface area contributed by atoms with Gasteiger partial charge in [0.15, 0.2) is 0 Å². The van der Waals surface area contributed by atoms with Crippen LogP contribution >= 0.6 is 11.3 Å². The summed E-state index contributed by atoms with van der Waals surface area (Å²) in [5.74, 6) is -0.132. The van der Waals surface area contributed by atoms with Gasteiger partial charge in [-0.1, -0.05) is 0 Å². The van der Waals surface area contributed by atoms with Gasteiger partial charge in [-0.05, 0) is 54.8 Å². The van der Waals surface area contributed by atoms with Crippen LogP contribution in [0.5, 0.6) is 0 Å². The normalized spacial score (nSPS) is 11.9. The van der Waals surface area contributed by atoms with Crippen molar-refractivity contribution in [2.45, 2.75) is 26.3 Å². The fraction of sp³-hybridized carbons (Fsp3) is 0.333. The first-order valence-electron chi connectivity index (χ1n) is 6.71. The number of aromatic nitrogens is 1. The molecule has 2 N–H and O–H groups in total. The summed E-state index contributed by atoms with van der Waals surface area (Å²) >= 11 is 1.67. The molecule has 4 nitrogen and oxygen atoms in total. The number of amides is 1. The van der Waals surface area contributed by atoms with E-state index in [2.05, 4.69) is 27.1 Å². The van der Waals surface area contributed by atoms with Crippen molar-refractivity contribution in [3.05, 3.63) is 46.4 Å². The average Bonchev–Trinajstić information content (AvgIpc) is 2.92. The van der Waals surface area contributed by atoms with Crippen molar-refractivity contribution in [1.82, 2.24) is 10.3 Å². The van der Waals surface area contributed by atoms with Crippen molar-refractivity contribution in [2.75, 3.05) is 11.9 Å². The first-order valence-corrected chi connectivity index (χ1v) is 7.65. The number of hydrogen-bond donors (Lipinski definition) is 2. The SMILES string of the molecule is CCNc1ccnc(C(=O)NC(C)Cc2ccsc2)c1. The molecule has 20 heavy (non-hydrogen) atoms. The van der Waals surface area contributed by atoms with Crippen LogP contribution in [0.2, 0.25) is 0 Å². The molecular weight excluding hydrogens is 270 g/mol. The third-order valence-electron chi connectivity index (χ3n) is 2.87. The zero-order valence-corrected chi connectivity index (χ0v) is 12.5. The predicted molar refractivity (Wildman–Crippen MR) is 83.4 cm³/mol. The van der Waals surface area contributed by atoms with E-state index in [0.29, 0.717) is 5.69 Å². The highest BCUT2D eigenvalue weighted by molar-refractivity contribution is 7.07. The number of carbonyl (C=O) groups is 1. The number of thiophene rings is 1. The highest BCUT2D eigenvalue weighted by atomic mass is 32.1. The van der Waals surface area contributed by atoms with E-state index in [1.54, 1.807) is 23.6 Å². The van der Waals surface area contributed by atoms with Gasteiger partial charge in [0.25, 0.3) is 5.91 Å². The van der Waals surface area contributed by atoms with Crippen molar-refractivity contribution in [3.63, 3.8) is 0 Å². The number of pyridine rings is 1. The minimum atomic E-state index is -0.132. The number of carbonyl (C=O) groups excluding carboxylic acids is 1. The van der Waals surface area contributed by atoms with Crippen molar-refractivity contribution < 1.29 is 4.79 Å². The number of nitrogens with zero attached hydrogens (tertiary/aromatic N) is 1. The molecule has 0 aliphatic rings. The first kappa shape index (κ1) is 14.5. The van der Waals surface area contributed by atoms with Crippen molar-refractivity contribution in [2.24, 2.45) is 0 Å². The maximum absolute atomic E-state index is 12.1. The average molecular weight is 289 g/mol. The van der Waals surface area contributed by atoms with E-state index in [-0.39, 0.29) is 11.9 Å². The van der Waals surface area contributed by atoms with Gasteiger partial charge in [-0.25, -0.2) is 0 Å². The monoisotopic (exact) mass is 289 g/mol. The molecule has 0 saturated carbocycles. The van der Waals surface area contributed by atoms with Gasteiger partial charge in [0.2, 0.25) is 0 Å². The van der Waals surface area contributed by atoms with Crippen LogP contribution in [0.15, 0.2) is 35.2 Å². The molecule has 2 rings (SSSR count). The molecular formula is C15H19N3OS. The Balaban J connectivity index is 1.95. The van der Waals surface area contributed by atoms with Crippen LogP contribution in [-0.4, -0.2) is 23.5 Å². The summed E-state index contributed by atoms with van der Waals surface area (Å²) < 4.78 is 0. The zero-order valence-electron chi connectivity index (χ0n) is 11.7. The Hall–Kier alpha value is -1.88. The number of hydrogen-bond acceptors (Lipinski definition) is 4. The summed E-state index contributed by atoms with van der Waals surface area (Å²) in [6.45, 7) is 4.84. The number of anilines is 1. The lowest BCUT2D eigenvalue weighted by atomic mass is 10.1. The van der Waals surface area contributed by atoms with Crippen LogP contribution in [-0.2, 0) is 6.42 Å². The molecule has 0 radical (unpaired) electrons. The molecule has 0 aromatic carbocycles. The van der Waals surface area contributed by atoms with E-state index < -0.39 is 0 Å². The summed E-state index contributed by atoms with van der Waals surface area (Å²) in [6, 6.07) is 5.80. The quantitative estimate of drug-likeness (QED) is 0.859. The minimum absolute atomic E-state index is 0.0849. The topological polar surface area (TPSA) is 54.0 Å². The lowest BCUT2D eigenvalue weighted by Crippen LogP contribution is -2.34. The van der Waals surface area contributed by atoms with E-state index in [0.717, 1.165) is 18.7 Å². The molecule has 2 aromatic rings. The summed E-state index contributed by atoms with van der Waals surface area (Å²) in [6.07, 6.45) is 2.48. The summed E-state index contributed by atoms with van der Waals surface area (Å²) in [4.78, 5) is 16.3. The van der Waals surface area contributed by atoms with E-state index in [1.807, 2.05) is 25.3 Å². The molecule has 1 unspecified atom stereocenters. The number of rotatable bonds is 6. The molecule has 0 saturated heterocycles. The Morgan fingerprint density at radius 3 is 3.00 bits per heavy atom. The van der Waals surface area contributed by atoms with E-state index in [1.165, 1.54) is 5.56 Å². The highest BCUT2D eigenvalue weighted by Crippen LogP contribution is 2.10. The van der Waals surface area contributed by atoms with Gasteiger partial charge in [0, 0.05) is 24.5 Å². The Labute approximate surface area is 123 Å². The second-order valence-corrected chi connectivity index (χ2v) is 5.45. The second kappa shape index (κ2) is 7.05. The Bertz CT molecular complexity index is 554. The van der Waals surface area contributed by atoms with Crippen LogP contribution in [0.4, 0.5) is 5.69 Å². The van der Waals surface area contributed by atoms with Crippen LogP contribution in [0.1, 0.15) is 29.9 Å².